The highest BCUT2D eigenvalue weighted by Gasteiger charge is 2.52. The average molecular weight is 916 g/mol. The molecule has 0 aliphatic carbocycles. The number of hydrogen-bond donors (Lipinski definition) is 0. The van der Waals surface area contributed by atoms with Crippen molar-refractivity contribution in [1.82, 2.24) is 0 Å². The third kappa shape index (κ3) is 7.37. The number of hydrogen-bond acceptors (Lipinski definition) is 1. The number of halogens is 20. The molecule has 1 aromatic heterocycles. The molecule has 23 heteroatoms. The summed E-state index contributed by atoms with van der Waals surface area (Å²) in [6, 6.07) is 12.3. The van der Waals surface area contributed by atoms with Crippen molar-refractivity contribution in [3.05, 3.63) is 181 Å². The molecule has 0 atom stereocenters. The minimum Gasteiger partial charge on any atom is -0.207 e. The first-order valence-corrected chi connectivity index (χ1v) is 17.0. The van der Waals surface area contributed by atoms with Crippen LogP contribution in [-0.2, 0) is 6.54 Å². The van der Waals surface area contributed by atoms with Gasteiger partial charge in [0.15, 0.2) is 88.6 Å². The summed E-state index contributed by atoms with van der Waals surface area (Å²) in [5, 5.41) is 9.11. The van der Waals surface area contributed by atoms with Gasteiger partial charge in [-0.2, -0.15) is 9.83 Å². The lowest BCUT2D eigenvalue weighted by atomic mass is 9.12. The van der Waals surface area contributed by atoms with Gasteiger partial charge in [0.2, 0.25) is 0 Å². The van der Waals surface area contributed by atoms with E-state index in [1.165, 1.54) is 22.3 Å². The maximum absolute atomic E-state index is 15.4. The van der Waals surface area contributed by atoms with Crippen LogP contribution in [0.25, 0.3) is 0 Å². The van der Waals surface area contributed by atoms with Crippen molar-refractivity contribution >= 4 is 28.0 Å². The lowest BCUT2D eigenvalue weighted by molar-refractivity contribution is -0.690. The van der Waals surface area contributed by atoms with Crippen LogP contribution in [0.2, 0.25) is 0 Å². The third-order valence-electron chi connectivity index (χ3n) is 9.93. The van der Waals surface area contributed by atoms with Crippen molar-refractivity contribution < 1.29 is 92.4 Å². The van der Waals surface area contributed by atoms with Gasteiger partial charge in [-0.1, -0.05) is 17.7 Å². The van der Waals surface area contributed by atoms with Gasteiger partial charge in [-0.15, -0.1) is 21.9 Å². The van der Waals surface area contributed by atoms with Crippen LogP contribution in [0.1, 0.15) is 27.9 Å². The van der Waals surface area contributed by atoms with Gasteiger partial charge in [0.25, 0.3) is 5.69 Å². The lowest BCUT2D eigenvalue weighted by Crippen LogP contribution is -2.81. The first kappa shape index (κ1) is 47.5. The molecule has 0 saturated carbocycles. The molecule has 0 N–H and O–H groups in total. The van der Waals surface area contributed by atoms with E-state index in [4.69, 9.17) is 5.26 Å². The van der Waals surface area contributed by atoms with Gasteiger partial charge in [-0.05, 0) is 38.0 Å². The lowest BCUT2D eigenvalue weighted by Gasteiger charge is -2.44. The standard InChI is InChI=1S/C24BF20.C16H17N2/c26-5-1(6(27)14(35)21(42)13(5)34)25(2-7(28)15(36)22(43)16(37)8(2)29,3-9(30)17(38)23(44)18(39)10(3)31)4-11(32)19(40)24(45)20(41)12(4)33;1-12-8-13(2)16(14(3)9-12)11-18-7-5-4-6-15(18)10-17/h;4-9H,11H2,1-3H3/q-1;+1. The SMILES string of the molecule is Cc1cc(C)c(C[n+]2ccccc2C#N)c(C)c1.Fc1c(F)c(F)c([B-](c2c(F)c(F)c(F)c(F)c2F)(c2c(F)c(F)c(F)c(F)c2F)c2c(F)c(F)c(F)c(F)c2F)c(F)c1F. The summed E-state index contributed by atoms with van der Waals surface area (Å²) in [4.78, 5) is 0. The normalized spacial score (nSPS) is 11.5. The molecule has 1 heterocycles. The quantitative estimate of drug-likeness (QED) is 0.0541. The molecule has 330 valence electrons. The Morgan fingerprint density at radius 3 is 0.921 bits per heavy atom. The Morgan fingerprint density at radius 2 is 0.667 bits per heavy atom. The van der Waals surface area contributed by atoms with Crippen LogP contribution < -0.4 is 26.4 Å². The third-order valence-corrected chi connectivity index (χ3v) is 9.93. The maximum atomic E-state index is 15.4. The summed E-state index contributed by atoms with van der Waals surface area (Å²) in [7, 11) is 0. The fourth-order valence-corrected chi connectivity index (χ4v) is 7.22. The van der Waals surface area contributed by atoms with Crippen LogP contribution in [-0.4, -0.2) is 6.15 Å². The van der Waals surface area contributed by atoms with Gasteiger partial charge in [0, 0.05) is 17.7 Å². The second kappa shape index (κ2) is 17.3. The Hall–Kier alpha value is -6.60. The first-order valence-electron chi connectivity index (χ1n) is 17.0. The molecule has 0 amide bonds. The molecule has 2 nitrogen and oxygen atoms in total. The van der Waals surface area contributed by atoms with Crippen molar-refractivity contribution in [2.45, 2.75) is 27.3 Å². The largest absolute Gasteiger partial charge is 0.283 e. The number of benzene rings is 5. The summed E-state index contributed by atoms with van der Waals surface area (Å²) >= 11 is 0. The van der Waals surface area contributed by atoms with Gasteiger partial charge in [-0.3, -0.25) is 0 Å². The maximum Gasteiger partial charge on any atom is 0.283 e. The minimum atomic E-state index is -7.22. The molecule has 6 rings (SSSR count). The predicted octanol–water partition coefficient (Wildman–Crippen LogP) is 8.67. The fourth-order valence-electron chi connectivity index (χ4n) is 7.22. The van der Waals surface area contributed by atoms with E-state index in [1.807, 2.05) is 29.0 Å². The van der Waals surface area contributed by atoms with Gasteiger partial charge in [0.1, 0.15) is 52.7 Å². The minimum absolute atomic E-state index is 0.692. The summed E-state index contributed by atoms with van der Waals surface area (Å²) < 4.78 is 296. The van der Waals surface area contributed by atoms with Crippen molar-refractivity contribution in [1.29, 1.82) is 5.26 Å². The average Bonchev–Trinajstić information content (AvgIpc) is 3.25. The van der Waals surface area contributed by atoms with Crippen LogP contribution in [0, 0.1) is 148 Å². The summed E-state index contributed by atoms with van der Waals surface area (Å²) in [6.07, 6.45) is -5.26. The zero-order chi connectivity index (χ0) is 47.5. The van der Waals surface area contributed by atoms with Crippen LogP contribution in [0.4, 0.5) is 87.8 Å². The summed E-state index contributed by atoms with van der Waals surface area (Å²) in [6.45, 7) is 7.12. The topological polar surface area (TPSA) is 27.7 Å². The zero-order valence-electron chi connectivity index (χ0n) is 31.2. The first-order chi connectivity index (χ1) is 29.3. The smallest absolute Gasteiger partial charge is 0.207 e. The van der Waals surface area contributed by atoms with Gasteiger partial charge < -0.3 is 0 Å². The zero-order valence-corrected chi connectivity index (χ0v) is 31.2. The predicted molar refractivity (Wildman–Crippen MR) is 180 cm³/mol. The van der Waals surface area contributed by atoms with Crippen molar-refractivity contribution in [2.75, 3.05) is 0 Å². The van der Waals surface area contributed by atoms with Crippen molar-refractivity contribution in [2.24, 2.45) is 0 Å². The van der Waals surface area contributed by atoms with Crippen molar-refractivity contribution in [3.63, 3.8) is 0 Å². The second-order valence-electron chi connectivity index (χ2n) is 13.5. The van der Waals surface area contributed by atoms with E-state index >= 15 is 35.1 Å². The Kier molecular flexibility index (Phi) is 13.0. The molecule has 0 saturated heterocycles. The van der Waals surface area contributed by atoms with Gasteiger partial charge in [0.05, 0.1) is 0 Å². The molecule has 5 aromatic carbocycles. The van der Waals surface area contributed by atoms with Crippen LogP contribution in [0.5, 0.6) is 0 Å². The summed E-state index contributed by atoms with van der Waals surface area (Å²) in [5.74, 6) is -71.4. The molecular formula is C40H17BF20N2. The van der Waals surface area contributed by atoms with Crippen molar-refractivity contribution in [3.8, 4) is 6.07 Å². The van der Waals surface area contributed by atoms with E-state index in [-0.39, 0.29) is 0 Å². The van der Waals surface area contributed by atoms with E-state index in [1.54, 1.807) is 0 Å². The molecule has 0 radical (unpaired) electrons. The number of nitriles is 1. The van der Waals surface area contributed by atoms with Crippen LogP contribution in [0.15, 0.2) is 36.5 Å². The van der Waals surface area contributed by atoms with E-state index in [2.05, 4.69) is 39.0 Å². The monoisotopic (exact) mass is 916 g/mol. The molecule has 63 heavy (non-hydrogen) atoms. The Bertz CT molecular complexity index is 2520. The van der Waals surface area contributed by atoms with Gasteiger partial charge in [-0.25, -0.2) is 87.8 Å². The number of pyridine rings is 1. The highest BCUT2D eigenvalue weighted by atomic mass is 19.2. The number of aryl methyl sites for hydroxylation is 3. The number of nitrogens with zero attached hydrogens (tertiary/aromatic N) is 2. The Balaban J connectivity index is 0.000000345. The molecular weight excluding hydrogens is 899 g/mol. The number of rotatable bonds is 6. The highest BCUT2D eigenvalue weighted by molar-refractivity contribution is 7.20. The van der Waals surface area contributed by atoms with E-state index in [9.17, 15) is 52.7 Å². The van der Waals surface area contributed by atoms with E-state index in [0.29, 0.717) is 5.69 Å². The Labute approximate surface area is 339 Å². The molecule has 0 aliphatic rings. The molecule has 0 spiro atoms. The fraction of sp³-hybridized carbons (Fsp3) is 0.100. The molecule has 6 aromatic rings. The van der Waals surface area contributed by atoms with Crippen LogP contribution >= 0.6 is 0 Å². The molecule has 0 fully saturated rings. The second-order valence-corrected chi connectivity index (χ2v) is 13.5. The molecule has 0 unspecified atom stereocenters. The number of aromatic nitrogens is 1. The van der Waals surface area contributed by atoms with E-state index < -0.39 is 144 Å². The highest BCUT2D eigenvalue weighted by Crippen LogP contribution is 2.31. The Morgan fingerprint density at radius 1 is 0.413 bits per heavy atom. The van der Waals surface area contributed by atoms with E-state index in [0.717, 1.165) is 6.54 Å². The summed E-state index contributed by atoms with van der Waals surface area (Å²) in [5.41, 5.74) is -8.48. The van der Waals surface area contributed by atoms with Crippen LogP contribution in [0.3, 0.4) is 0 Å². The van der Waals surface area contributed by atoms with Gasteiger partial charge >= 0.3 is 0 Å². The molecule has 0 bridgehead atoms. The molecule has 0 aliphatic heterocycles.